The highest BCUT2D eigenvalue weighted by atomic mass is 16.6. The Kier molecular flexibility index (Phi) is 8.34. The van der Waals surface area contributed by atoms with Crippen molar-refractivity contribution in [1.82, 2.24) is 0 Å². The predicted molar refractivity (Wildman–Crippen MR) is 111 cm³/mol. The molecule has 6 heteroatoms. The van der Waals surface area contributed by atoms with Crippen LogP contribution in [-0.2, 0) is 9.53 Å². The molecule has 6 nitrogen and oxygen atoms in total. The molecule has 0 atom stereocenters. The first-order valence-electron chi connectivity index (χ1n) is 9.62. The van der Waals surface area contributed by atoms with Crippen LogP contribution in [0.2, 0.25) is 0 Å². The van der Waals surface area contributed by atoms with Gasteiger partial charge in [-0.1, -0.05) is 13.0 Å². The maximum atomic E-state index is 12.5. The lowest BCUT2D eigenvalue weighted by atomic mass is 10.1. The van der Waals surface area contributed by atoms with E-state index < -0.39 is 5.97 Å². The summed E-state index contributed by atoms with van der Waals surface area (Å²) in [6.45, 7) is 8.06. The standard InChI is InChI=1S/C22H28N2O4/c1-4-14-24(5-2)19-12-10-17(11-13-19)22(26)23-18-8-7-9-20(15-18)28-16-21(25)27-6-3/h7-13,15H,4-6,14,16H2,1-3H3,(H,23,26). The zero-order valence-corrected chi connectivity index (χ0v) is 16.7. The molecule has 0 aliphatic rings. The Labute approximate surface area is 166 Å². The molecule has 2 aromatic carbocycles. The van der Waals surface area contributed by atoms with Crippen molar-refractivity contribution in [1.29, 1.82) is 0 Å². The van der Waals surface area contributed by atoms with E-state index in [4.69, 9.17) is 9.47 Å². The van der Waals surface area contributed by atoms with E-state index in [1.807, 2.05) is 24.3 Å². The summed E-state index contributed by atoms with van der Waals surface area (Å²) in [5.41, 5.74) is 2.28. The lowest BCUT2D eigenvalue weighted by Crippen LogP contribution is -2.23. The highest BCUT2D eigenvalue weighted by molar-refractivity contribution is 6.04. The first kappa shape index (κ1) is 21.3. The Morgan fingerprint density at radius 2 is 1.79 bits per heavy atom. The van der Waals surface area contributed by atoms with Crippen LogP contribution in [0.3, 0.4) is 0 Å². The van der Waals surface area contributed by atoms with Gasteiger partial charge in [0.25, 0.3) is 5.91 Å². The topological polar surface area (TPSA) is 67.9 Å². The first-order valence-corrected chi connectivity index (χ1v) is 9.62. The van der Waals surface area contributed by atoms with Crippen LogP contribution in [0.15, 0.2) is 48.5 Å². The smallest absolute Gasteiger partial charge is 0.344 e. The molecule has 1 amide bonds. The quantitative estimate of drug-likeness (QED) is 0.624. The molecule has 0 unspecified atom stereocenters. The molecular weight excluding hydrogens is 356 g/mol. The SMILES string of the molecule is CCCN(CC)c1ccc(C(=O)Nc2cccc(OCC(=O)OCC)c2)cc1. The maximum absolute atomic E-state index is 12.5. The van der Waals surface area contributed by atoms with Gasteiger partial charge in [0.2, 0.25) is 0 Å². The van der Waals surface area contributed by atoms with Gasteiger partial charge in [-0.25, -0.2) is 4.79 Å². The second kappa shape index (κ2) is 11.0. The van der Waals surface area contributed by atoms with Crippen molar-refractivity contribution in [2.75, 3.05) is 36.5 Å². The van der Waals surface area contributed by atoms with Crippen molar-refractivity contribution < 1.29 is 19.1 Å². The van der Waals surface area contributed by atoms with Crippen molar-refractivity contribution in [2.45, 2.75) is 27.2 Å². The molecule has 1 N–H and O–H groups in total. The van der Waals surface area contributed by atoms with Crippen molar-refractivity contribution in [2.24, 2.45) is 0 Å². The summed E-state index contributed by atoms with van der Waals surface area (Å²) in [4.78, 5) is 26.2. The van der Waals surface area contributed by atoms with E-state index in [9.17, 15) is 9.59 Å². The third-order valence-electron chi connectivity index (χ3n) is 4.12. The number of benzene rings is 2. The minimum atomic E-state index is -0.429. The van der Waals surface area contributed by atoms with Crippen molar-refractivity contribution >= 4 is 23.3 Å². The van der Waals surface area contributed by atoms with Gasteiger partial charge >= 0.3 is 5.97 Å². The molecule has 0 aliphatic carbocycles. The van der Waals surface area contributed by atoms with Crippen LogP contribution in [0.25, 0.3) is 0 Å². The average molecular weight is 384 g/mol. The van der Waals surface area contributed by atoms with Gasteiger partial charge in [0.15, 0.2) is 6.61 Å². The minimum absolute atomic E-state index is 0.168. The molecule has 0 fully saturated rings. The van der Waals surface area contributed by atoms with Crippen LogP contribution in [0, 0.1) is 0 Å². The lowest BCUT2D eigenvalue weighted by Gasteiger charge is -2.22. The van der Waals surface area contributed by atoms with E-state index in [-0.39, 0.29) is 12.5 Å². The summed E-state index contributed by atoms with van der Waals surface area (Å²) in [5.74, 6) is -0.145. The first-order chi connectivity index (χ1) is 13.6. The molecular formula is C22H28N2O4. The largest absolute Gasteiger partial charge is 0.482 e. The highest BCUT2D eigenvalue weighted by Gasteiger charge is 2.09. The summed E-state index contributed by atoms with van der Waals surface area (Å²) >= 11 is 0. The summed E-state index contributed by atoms with van der Waals surface area (Å²) in [7, 11) is 0. The average Bonchev–Trinajstić information content (AvgIpc) is 2.71. The Balaban J connectivity index is 1.98. The summed E-state index contributed by atoms with van der Waals surface area (Å²) in [6, 6.07) is 14.5. The number of hydrogen-bond donors (Lipinski definition) is 1. The van der Waals surface area contributed by atoms with Gasteiger partial charge in [-0.15, -0.1) is 0 Å². The molecule has 0 aliphatic heterocycles. The number of amides is 1. The summed E-state index contributed by atoms with van der Waals surface area (Å²) < 4.78 is 10.2. The maximum Gasteiger partial charge on any atom is 0.344 e. The van der Waals surface area contributed by atoms with Gasteiger partial charge in [-0.2, -0.15) is 0 Å². The third kappa shape index (κ3) is 6.30. The number of hydrogen-bond acceptors (Lipinski definition) is 5. The number of carbonyl (C=O) groups excluding carboxylic acids is 2. The molecule has 2 rings (SSSR count). The van der Waals surface area contributed by atoms with Crippen LogP contribution in [0.5, 0.6) is 5.75 Å². The third-order valence-corrected chi connectivity index (χ3v) is 4.12. The van der Waals surface area contributed by atoms with Crippen molar-refractivity contribution in [3.63, 3.8) is 0 Å². The number of esters is 1. The Morgan fingerprint density at radius 1 is 1.04 bits per heavy atom. The Hall–Kier alpha value is -3.02. The van der Waals surface area contributed by atoms with E-state index in [0.717, 1.165) is 25.2 Å². The number of carbonyl (C=O) groups is 2. The van der Waals surface area contributed by atoms with Gasteiger partial charge < -0.3 is 19.7 Å². The summed E-state index contributed by atoms with van der Waals surface area (Å²) in [6.07, 6.45) is 1.07. The number of nitrogens with zero attached hydrogens (tertiary/aromatic N) is 1. The van der Waals surface area contributed by atoms with Gasteiger partial charge in [-0.05, 0) is 56.7 Å². The molecule has 0 radical (unpaired) electrons. The molecule has 0 saturated carbocycles. The van der Waals surface area contributed by atoms with Gasteiger partial charge in [-0.3, -0.25) is 4.79 Å². The highest BCUT2D eigenvalue weighted by Crippen LogP contribution is 2.20. The Morgan fingerprint density at radius 3 is 2.43 bits per heavy atom. The number of ether oxygens (including phenoxy) is 2. The zero-order chi connectivity index (χ0) is 20.4. The van der Waals surface area contributed by atoms with E-state index in [1.165, 1.54) is 0 Å². The van der Waals surface area contributed by atoms with Gasteiger partial charge in [0.05, 0.1) is 6.61 Å². The monoisotopic (exact) mass is 384 g/mol. The van der Waals surface area contributed by atoms with Crippen LogP contribution < -0.4 is 15.0 Å². The van der Waals surface area contributed by atoms with E-state index in [0.29, 0.717) is 23.6 Å². The second-order valence-corrected chi connectivity index (χ2v) is 6.20. The summed E-state index contributed by atoms with van der Waals surface area (Å²) in [5, 5.41) is 2.85. The van der Waals surface area contributed by atoms with Crippen LogP contribution in [0.1, 0.15) is 37.6 Å². The molecule has 0 spiro atoms. The number of rotatable bonds is 10. The fraction of sp³-hybridized carbons (Fsp3) is 0.364. The second-order valence-electron chi connectivity index (χ2n) is 6.20. The van der Waals surface area contributed by atoms with E-state index in [2.05, 4.69) is 24.1 Å². The normalized spacial score (nSPS) is 10.2. The van der Waals surface area contributed by atoms with Crippen LogP contribution in [0.4, 0.5) is 11.4 Å². The van der Waals surface area contributed by atoms with Crippen LogP contribution in [-0.4, -0.2) is 38.2 Å². The number of anilines is 2. The van der Waals surface area contributed by atoms with Gasteiger partial charge in [0.1, 0.15) is 5.75 Å². The molecule has 0 saturated heterocycles. The molecule has 2 aromatic rings. The molecule has 150 valence electrons. The number of nitrogens with one attached hydrogen (secondary N) is 1. The fourth-order valence-corrected chi connectivity index (χ4v) is 2.78. The van der Waals surface area contributed by atoms with Crippen LogP contribution >= 0.6 is 0 Å². The molecule has 0 heterocycles. The minimum Gasteiger partial charge on any atom is -0.482 e. The molecule has 28 heavy (non-hydrogen) atoms. The molecule has 0 bridgehead atoms. The lowest BCUT2D eigenvalue weighted by molar-refractivity contribution is -0.145. The van der Waals surface area contributed by atoms with Crippen molar-refractivity contribution in [3.8, 4) is 5.75 Å². The van der Waals surface area contributed by atoms with E-state index in [1.54, 1.807) is 31.2 Å². The van der Waals surface area contributed by atoms with Crippen molar-refractivity contribution in [3.05, 3.63) is 54.1 Å². The zero-order valence-electron chi connectivity index (χ0n) is 16.7. The predicted octanol–water partition coefficient (Wildman–Crippen LogP) is 4.12. The van der Waals surface area contributed by atoms with Gasteiger partial charge in [0, 0.05) is 36.1 Å². The molecule has 0 aromatic heterocycles. The Bertz CT molecular complexity index is 774. The fourth-order valence-electron chi connectivity index (χ4n) is 2.78. The van der Waals surface area contributed by atoms with E-state index >= 15 is 0 Å².